The number of nitrogens with two attached hydrogens (primary N) is 1. The van der Waals surface area contributed by atoms with Crippen LogP contribution < -0.4 is 5.73 Å². The molecule has 11 heavy (non-hydrogen) atoms. The predicted molar refractivity (Wildman–Crippen MR) is 48.0 cm³/mol. The number of hydrogen-bond donors (Lipinski definition) is 1. The number of nitrogens with zero attached hydrogens (tertiary/aromatic N) is 1. The minimum atomic E-state index is 0.591. The minimum Gasteiger partial charge on any atom is -0.383 e. The smallest absolute Gasteiger partial charge is 0.130 e. The van der Waals surface area contributed by atoms with Gasteiger partial charge in [0.1, 0.15) is 5.82 Å². The molecular formula is C9H12N2. The molecule has 2 heteroatoms. The molecule has 0 radical (unpaired) electrons. The second kappa shape index (κ2) is 3.19. The first kappa shape index (κ1) is 7.79. The summed E-state index contributed by atoms with van der Waals surface area (Å²) in [5.74, 6) is 0.591. The highest BCUT2D eigenvalue weighted by atomic mass is 14.8. The first-order chi connectivity index (χ1) is 5.20. The van der Waals surface area contributed by atoms with E-state index in [-0.39, 0.29) is 0 Å². The van der Waals surface area contributed by atoms with Gasteiger partial charge in [0.25, 0.3) is 0 Å². The lowest BCUT2D eigenvalue weighted by molar-refractivity contribution is 1.32. The summed E-state index contributed by atoms with van der Waals surface area (Å²) in [6.07, 6.45) is 3.71. The summed E-state index contributed by atoms with van der Waals surface area (Å²) >= 11 is 0. The summed E-state index contributed by atoms with van der Waals surface area (Å²) in [5, 5.41) is 0. The quantitative estimate of drug-likeness (QED) is 0.662. The van der Waals surface area contributed by atoms with Crippen molar-refractivity contribution in [1.82, 2.24) is 4.98 Å². The number of hydrogen-bond acceptors (Lipinski definition) is 2. The number of aromatic nitrogens is 1. The van der Waals surface area contributed by atoms with Crippen LogP contribution in [0.25, 0.3) is 6.08 Å². The normalized spacial score (nSPS) is 9.27. The van der Waals surface area contributed by atoms with E-state index in [1.807, 2.05) is 32.1 Å². The van der Waals surface area contributed by atoms with E-state index in [0.29, 0.717) is 5.82 Å². The van der Waals surface area contributed by atoms with Gasteiger partial charge in [-0.2, -0.15) is 0 Å². The Kier molecular flexibility index (Phi) is 2.26. The van der Waals surface area contributed by atoms with Crippen LogP contribution in [0.5, 0.6) is 0 Å². The van der Waals surface area contributed by atoms with Crippen LogP contribution in [0.1, 0.15) is 19.4 Å². The van der Waals surface area contributed by atoms with Crippen LogP contribution in [-0.4, -0.2) is 4.98 Å². The molecular weight excluding hydrogens is 136 g/mol. The van der Waals surface area contributed by atoms with Crippen molar-refractivity contribution in [3.63, 3.8) is 0 Å². The van der Waals surface area contributed by atoms with Crippen LogP contribution in [0.3, 0.4) is 0 Å². The Morgan fingerprint density at radius 3 is 2.82 bits per heavy atom. The van der Waals surface area contributed by atoms with Crippen molar-refractivity contribution in [2.75, 3.05) is 5.73 Å². The molecule has 2 nitrogen and oxygen atoms in total. The van der Waals surface area contributed by atoms with E-state index in [1.165, 1.54) is 5.57 Å². The largest absolute Gasteiger partial charge is 0.383 e. The van der Waals surface area contributed by atoms with E-state index >= 15 is 0 Å². The molecule has 1 aromatic heterocycles. The number of anilines is 1. The lowest BCUT2D eigenvalue weighted by Gasteiger charge is -1.97. The van der Waals surface area contributed by atoms with Crippen LogP contribution in [0.2, 0.25) is 0 Å². The molecule has 0 spiro atoms. The first-order valence-corrected chi connectivity index (χ1v) is 3.55. The Balaban J connectivity index is 3.04. The Morgan fingerprint density at radius 2 is 2.27 bits per heavy atom. The molecule has 0 aliphatic rings. The molecule has 1 heterocycles. The van der Waals surface area contributed by atoms with Gasteiger partial charge in [-0.05, 0) is 26.0 Å². The van der Waals surface area contributed by atoms with Gasteiger partial charge >= 0.3 is 0 Å². The topological polar surface area (TPSA) is 38.9 Å². The zero-order valence-electron chi connectivity index (χ0n) is 6.83. The van der Waals surface area contributed by atoms with Gasteiger partial charge in [-0.1, -0.05) is 11.6 Å². The Bertz CT molecular complexity index is 273. The maximum atomic E-state index is 5.61. The van der Waals surface area contributed by atoms with Gasteiger partial charge in [-0.3, -0.25) is 0 Å². The number of nitrogen functional groups attached to an aromatic ring is 1. The lowest BCUT2D eigenvalue weighted by Crippen LogP contribution is -1.92. The van der Waals surface area contributed by atoms with E-state index in [9.17, 15) is 0 Å². The summed E-state index contributed by atoms with van der Waals surface area (Å²) in [6.45, 7) is 4.07. The fraction of sp³-hybridized carbons (Fsp3) is 0.222. The zero-order chi connectivity index (χ0) is 8.27. The van der Waals surface area contributed by atoms with Gasteiger partial charge in [-0.15, -0.1) is 0 Å². The molecule has 0 bridgehead atoms. The van der Waals surface area contributed by atoms with Gasteiger partial charge in [-0.25, -0.2) is 4.98 Å². The third kappa shape index (κ3) is 2.08. The molecule has 0 unspecified atom stereocenters. The van der Waals surface area contributed by atoms with Gasteiger partial charge in [0, 0.05) is 11.8 Å². The van der Waals surface area contributed by atoms with Crippen LogP contribution in [0, 0.1) is 0 Å². The molecule has 0 aromatic carbocycles. The van der Waals surface area contributed by atoms with Gasteiger partial charge in [0.2, 0.25) is 0 Å². The van der Waals surface area contributed by atoms with Crippen molar-refractivity contribution in [2.45, 2.75) is 13.8 Å². The maximum absolute atomic E-state index is 5.61. The van der Waals surface area contributed by atoms with E-state index in [4.69, 9.17) is 5.73 Å². The summed E-state index contributed by atoms with van der Waals surface area (Å²) < 4.78 is 0. The van der Waals surface area contributed by atoms with E-state index in [2.05, 4.69) is 4.98 Å². The molecule has 2 N–H and O–H groups in total. The van der Waals surface area contributed by atoms with Crippen molar-refractivity contribution >= 4 is 11.9 Å². The predicted octanol–water partition coefficient (Wildman–Crippen LogP) is 2.09. The summed E-state index contributed by atoms with van der Waals surface area (Å²) in [5.41, 5.74) is 7.83. The molecule has 0 saturated carbocycles. The number of allylic oxidation sites excluding steroid dienone is 1. The molecule has 0 aliphatic carbocycles. The first-order valence-electron chi connectivity index (χ1n) is 3.55. The standard InChI is InChI=1S/C9H12N2/c1-7(2)6-8-4-3-5-11-9(8)10/h3-6H,1-2H3,(H2,10,11). The van der Waals surface area contributed by atoms with Crippen molar-refractivity contribution in [2.24, 2.45) is 0 Å². The second-order valence-electron chi connectivity index (χ2n) is 2.70. The van der Waals surface area contributed by atoms with Gasteiger partial charge in [0.15, 0.2) is 0 Å². The van der Waals surface area contributed by atoms with E-state index < -0.39 is 0 Å². The minimum absolute atomic E-state index is 0.591. The average molecular weight is 148 g/mol. The number of pyridine rings is 1. The molecule has 0 saturated heterocycles. The molecule has 0 fully saturated rings. The highest BCUT2D eigenvalue weighted by Crippen LogP contribution is 2.10. The Morgan fingerprint density at radius 1 is 1.55 bits per heavy atom. The Hall–Kier alpha value is -1.31. The third-order valence-corrected chi connectivity index (χ3v) is 1.32. The van der Waals surface area contributed by atoms with Crippen molar-refractivity contribution in [3.8, 4) is 0 Å². The second-order valence-corrected chi connectivity index (χ2v) is 2.70. The van der Waals surface area contributed by atoms with Crippen LogP contribution in [-0.2, 0) is 0 Å². The highest BCUT2D eigenvalue weighted by molar-refractivity contribution is 5.61. The molecule has 0 aliphatic heterocycles. The summed E-state index contributed by atoms with van der Waals surface area (Å²) in [6, 6.07) is 3.83. The van der Waals surface area contributed by atoms with Crippen molar-refractivity contribution < 1.29 is 0 Å². The molecule has 58 valence electrons. The molecule has 0 amide bonds. The number of rotatable bonds is 1. The van der Waals surface area contributed by atoms with Gasteiger partial charge < -0.3 is 5.73 Å². The van der Waals surface area contributed by atoms with Crippen LogP contribution in [0.4, 0.5) is 5.82 Å². The SMILES string of the molecule is CC(C)=Cc1cccnc1N. The fourth-order valence-corrected chi connectivity index (χ4v) is 0.863. The van der Waals surface area contributed by atoms with Crippen molar-refractivity contribution in [1.29, 1.82) is 0 Å². The van der Waals surface area contributed by atoms with Crippen LogP contribution in [0.15, 0.2) is 23.9 Å². The van der Waals surface area contributed by atoms with Gasteiger partial charge in [0.05, 0.1) is 0 Å². The zero-order valence-corrected chi connectivity index (χ0v) is 6.83. The summed E-state index contributed by atoms with van der Waals surface area (Å²) in [4.78, 5) is 3.97. The molecule has 0 atom stereocenters. The van der Waals surface area contributed by atoms with E-state index in [1.54, 1.807) is 6.20 Å². The highest BCUT2D eigenvalue weighted by Gasteiger charge is 1.92. The van der Waals surface area contributed by atoms with E-state index in [0.717, 1.165) is 5.56 Å². The fourth-order valence-electron chi connectivity index (χ4n) is 0.863. The van der Waals surface area contributed by atoms with Crippen LogP contribution >= 0.6 is 0 Å². The van der Waals surface area contributed by atoms with Crippen molar-refractivity contribution in [3.05, 3.63) is 29.5 Å². The molecule has 1 rings (SSSR count). The summed E-state index contributed by atoms with van der Waals surface area (Å²) in [7, 11) is 0. The Labute approximate surface area is 66.8 Å². The molecule has 1 aromatic rings. The lowest BCUT2D eigenvalue weighted by atomic mass is 10.2. The maximum Gasteiger partial charge on any atom is 0.130 e. The average Bonchev–Trinajstić information content (AvgIpc) is 1.93. The third-order valence-electron chi connectivity index (χ3n) is 1.32. The monoisotopic (exact) mass is 148 g/mol.